The summed E-state index contributed by atoms with van der Waals surface area (Å²) in [5.74, 6) is -0.200. The summed E-state index contributed by atoms with van der Waals surface area (Å²) in [6.07, 6.45) is 4.14. The fourth-order valence-corrected chi connectivity index (χ4v) is 2.13. The molecular formula is C14H19BrFN. The average Bonchev–Trinajstić information content (AvgIpc) is 2.28. The predicted molar refractivity (Wildman–Crippen MR) is 74.7 cm³/mol. The first kappa shape index (κ1) is 14.4. The number of benzene rings is 1. The second kappa shape index (κ2) is 7.62. The molecule has 1 rings (SSSR count). The lowest BCUT2D eigenvalue weighted by Crippen LogP contribution is -2.13. The number of allylic oxidation sites excluding steroid dienone is 1. The molecule has 3 heteroatoms. The fraction of sp³-hybridized carbons (Fsp3) is 0.429. The molecule has 0 aliphatic rings. The van der Waals surface area contributed by atoms with Gasteiger partial charge >= 0.3 is 0 Å². The van der Waals surface area contributed by atoms with Gasteiger partial charge in [-0.15, -0.1) is 0 Å². The highest BCUT2D eigenvalue weighted by molar-refractivity contribution is 9.10. The summed E-state index contributed by atoms with van der Waals surface area (Å²) in [6, 6.07) is 4.86. The maximum atomic E-state index is 12.9. The number of hydrogen-bond acceptors (Lipinski definition) is 1. The molecule has 1 N–H and O–H groups in total. The molecule has 0 saturated heterocycles. The van der Waals surface area contributed by atoms with Crippen molar-refractivity contribution in [2.24, 2.45) is 0 Å². The van der Waals surface area contributed by atoms with Crippen molar-refractivity contribution in [3.05, 3.63) is 45.7 Å². The van der Waals surface area contributed by atoms with E-state index in [2.05, 4.69) is 41.2 Å². The third kappa shape index (κ3) is 5.46. The third-order valence-corrected chi connectivity index (χ3v) is 3.29. The first-order valence-corrected chi connectivity index (χ1v) is 6.73. The molecular weight excluding hydrogens is 281 g/mol. The normalized spacial score (nSPS) is 11.9. The van der Waals surface area contributed by atoms with Crippen molar-refractivity contribution in [1.82, 2.24) is 5.32 Å². The van der Waals surface area contributed by atoms with Crippen LogP contribution >= 0.6 is 15.9 Å². The van der Waals surface area contributed by atoms with Gasteiger partial charge in [0.1, 0.15) is 5.82 Å². The van der Waals surface area contributed by atoms with Crippen LogP contribution in [0, 0.1) is 5.82 Å². The molecule has 0 radical (unpaired) electrons. The molecule has 0 spiro atoms. The Labute approximate surface area is 111 Å². The van der Waals surface area contributed by atoms with Crippen molar-refractivity contribution in [1.29, 1.82) is 0 Å². The van der Waals surface area contributed by atoms with Crippen LogP contribution in [0.3, 0.4) is 0 Å². The molecule has 94 valence electrons. The van der Waals surface area contributed by atoms with Gasteiger partial charge in [-0.3, -0.25) is 0 Å². The molecule has 1 aromatic rings. The Morgan fingerprint density at radius 2 is 2.24 bits per heavy atom. The van der Waals surface area contributed by atoms with Gasteiger partial charge in [0, 0.05) is 4.47 Å². The lowest BCUT2D eigenvalue weighted by atomic mass is 10.1. The van der Waals surface area contributed by atoms with Crippen LogP contribution in [0.25, 0.3) is 0 Å². The van der Waals surface area contributed by atoms with E-state index in [1.165, 1.54) is 17.7 Å². The van der Waals surface area contributed by atoms with E-state index in [1.54, 1.807) is 0 Å². The van der Waals surface area contributed by atoms with Crippen LogP contribution in [0.2, 0.25) is 0 Å². The number of rotatable bonds is 6. The summed E-state index contributed by atoms with van der Waals surface area (Å²) < 4.78 is 13.8. The standard InChI is InChI=1S/C14H19BrFN/c1-3-17-8-4-5-11(2)9-12-6-7-13(16)10-14(12)15/h5-7,10,17H,3-4,8-9H2,1-2H3. The molecule has 0 amide bonds. The van der Waals surface area contributed by atoms with Crippen molar-refractivity contribution >= 4 is 15.9 Å². The molecule has 0 heterocycles. The molecule has 1 nitrogen and oxygen atoms in total. The lowest BCUT2D eigenvalue weighted by Gasteiger charge is -2.05. The van der Waals surface area contributed by atoms with E-state index in [-0.39, 0.29) is 5.82 Å². The zero-order valence-corrected chi connectivity index (χ0v) is 12.0. The minimum absolute atomic E-state index is 0.200. The highest BCUT2D eigenvalue weighted by Crippen LogP contribution is 2.20. The predicted octanol–water partition coefficient (Wildman–Crippen LogP) is 4.08. The van der Waals surface area contributed by atoms with Crippen molar-refractivity contribution in [2.45, 2.75) is 26.7 Å². The lowest BCUT2D eigenvalue weighted by molar-refractivity contribution is 0.626. The van der Waals surface area contributed by atoms with Crippen molar-refractivity contribution in [3.8, 4) is 0 Å². The molecule has 0 unspecified atom stereocenters. The van der Waals surface area contributed by atoms with E-state index in [4.69, 9.17) is 0 Å². The summed E-state index contributed by atoms with van der Waals surface area (Å²) in [6.45, 7) is 6.24. The SMILES string of the molecule is CCNCCC=C(C)Cc1ccc(F)cc1Br. The molecule has 0 aliphatic carbocycles. The molecule has 1 aromatic carbocycles. The molecule has 0 aliphatic heterocycles. The Balaban J connectivity index is 2.52. The summed E-state index contributed by atoms with van der Waals surface area (Å²) in [5.41, 5.74) is 2.44. The third-order valence-electron chi connectivity index (χ3n) is 2.55. The Morgan fingerprint density at radius 3 is 2.88 bits per heavy atom. The van der Waals surface area contributed by atoms with E-state index >= 15 is 0 Å². The van der Waals surface area contributed by atoms with E-state index in [0.29, 0.717) is 0 Å². The van der Waals surface area contributed by atoms with Gasteiger partial charge in [-0.05, 0) is 50.6 Å². The maximum absolute atomic E-state index is 12.9. The molecule has 0 fully saturated rings. The van der Waals surface area contributed by atoms with Crippen LogP contribution in [0.5, 0.6) is 0 Å². The van der Waals surface area contributed by atoms with Crippen molar-refractivity contribution in [2.75, 3.05) is 13.1 Å². The zero-order valence-electron chi connectivity index (χ0n) is 10.4. The molecule has 0 bridgehead atoms. The molecule has 0 atom stereocenters. The van der Waals surface area contributed by atoms with E-state index in [9.17, 15) is 4.39 Å². The van der Waals surface area contributed by atoms with E-state index in [1.807, 2.05) is 6.07 Å². The number of nitrogens with one attached hydrogen (secondary N) is 1. The van der Waals surface area contributed by atoms with Gasteiger partial charge in [-0.1, -0.05) is 40.6 Å². The van der Waals surface area contributed by atoms with E-state index < -0.39 is 0 Å². The Morgan fingerprint density at radius 1 is 1.47 bits per heavy atom. The van der Waals surface area contributed by atoms with Crippen LogP contribution in [0.1, 0.15) is 25.8 Å². The Hall–Kier alpha value is -0.670. The first-order chi connectivity index (χ1) is 8.13. The second-order valence-electron chi connectivity index (χ2n) is 4.11. The molecule has 0 aromatic heterocycles. The Bertz CT molecular complexity index is 388. The van der Waals surface area contributed by atoms with Gasteiger partial charge in [0.05, 0.1) is 0 Å². The zero-order chi connectivity index (χ0) is 12.7. The van der Waals surface area contributed by atoms with Gasteiger partial charge in [0.2, 0.25) is 0 Å². The number of hydrogen-bond donors (Lipinski definition) is 1. The summed E-state index contributed by atoms with van der Waals surface area (Å²) >= 11 is 3.39. The van der Waals surface area contributed by atoms with Gasteiger partial charge in [0.25, 0.3) is 0 Å². The quantitative estimate of drug-likeness (QED) is 0.616. The monoisotopic (exact) mass is 299 g/mol. The van der Waals surface area contributed by atoms with Crippen LogP contribution in [0.4, 0.5) is 4.39 Å². The second-order valence-corrected chi connectivity index (χ2v) is 4.96. The first-order valence-electron chi connectivity index (χ1n) is 5.93. The number of halogens is 2. The van der Waals surface area contributed by atoms with E-state index in [0.717, 1.165) is 36.0 Å². The minimum Gasteiger partial charge on any atom is -0.317 e. The van der Waals surface area contributed by atoms with Crippen LogP contribution < -0.4 is 5.32 Å². The summed E-state index contributed by atoms with van der Waals surface area (Å²) in [5, 5.41) is 3.28. The highest BCUT2D eigenvalue weighted by atomic mass is 79.9. The topological polar surface area (TPSA) is 12.0 Å². The smallest absolute Gasteiger partial charge is 0.124 e. The highest BCUT2D eigenvalue weighted by Gasteiger charge is 2.02. The summed E-state index contributed by atoms with van der Waals surface area (Å²) in [7, 11) is 0. The minimum atomic E-state index is -0.200. The average molecular weight is 300 g/mol. The Kier molecular flexibility index (Phi) is 6.45. The van der Waals surface area contributed by atoms with Gasteiger partial charge in [-0.2, -0.15) is 0 Å². The molecule has 0 saturated carbocycles. The van der Waals surface area contributed by atoms with Crippen molar-refractivity contribution in [3.63, 3.8) is 0 Å². The largest absolute Gasteiger partial charge is 0.317 e. The fourth-order valence-electron chi connectivity index (χ4n) is 1.64. The molecule has 17 heavy (non-hydrogen) atoms. The van der Waals surface area contributed by atoms with Crippen LogP contribution in [-0.2, 0) is 6.42 Å². The van der Waals surface area contributed by atoms with Crippen molar-refractivity contribution < 1.29 is 4.39 Å². The van der Waals surface area contributed by atoms with Crippen LogP contribution in [-0.4, -0.2) is 13.1 Å². The summed E-state index contributed by atoms with van der Waals surface area (Å²) in [4.78, 5) is 0. The van der Waals surface area contributed by atoms with Gasteiger partial charge in [-0.25, -0.2) is 4.39 Å². The van der Waals surface area contributed by atoms with Gasteiger partial charge in [0.15, 0.2) is 0 Å². The van der Waals surface area contributed by atoms with Gasteiger partial charge < -0.3 is 5.32 Å². The van der Waals surface area contributed by atoms with Crippen LogP contribution in [0.15, 0.2) is 34.3 Å². The maximum Gasteiger partial charge on any atom is 0.124 e.